The van der Waals surface area contributed by atoms with Gasteiger partial charge in [-0.3, -0.25) is 9.08 Å². The third-order valence-electron chi connectivity index (χ3n) is 3.27. The van der Waals surface area contributed by atoms with Gasteiger partial charge in [-0.1, -0.05) is 6.92 Å². The van der Waals surface area contributed by atoms with E-state index in [9.17, 15) is 0 Å². The van der Waals surface area contributed by atoms with Gasteiger partial charge in [-0.2, -0.15) is 5.10 Å². The molecule has 0 aromatic carbocycles. The van der Waals surface area contributed by atoms with Gasteiger partial charge in [0.25, 0.3) is 0 Å². The molecule has 0 fully saturated rings. The van der Waals surface area contributed by atoms with Crippen molar-refractivity contribution in [3.8, 4) is 11.3 Å². The third-order valence-corrected chi connectivity index (χ3v) is 3.70. The molecule has 3 aromatic heterocycles. The highest BCUT2D eigenvalue weighted by Gasteiger charge is 2.14. The predicted molar refractivity (Wildman–Crippen MR) is 83.6 cm³/mol. The Hall–Kier alpha value is -1.82. The second kappa shape index (κ2) is 4.94. The van der Waals surface area contributed by atoms with E-state index in [2.05, 4.69) is 32.9 Å². The van der Waals surface area contributed by atoms with Gasteiger partial charge >= 0.3 is 0 Å². The molecule has 104 valence electrons. The largest absolute Gasteiger partial charge is 0.383 e. The minimum atomic E-state index is 0.639. The summed E-state index contributed by atoms with van der Waals surface area (Å²) < 4.78 is 4.81. The van der Waals surface area contributed by atoms with Crippen molar-refractivity contribution < 1.29 is 0 Å². The Kier molecular flexibility index (Phi) is 3.25. The molecule has 0 atom stereocenters. The minimum Gasteiger partial charge on any atom is -0.383 e. The van der Waals surface area contributed by atoms with Crippen LogP contribution in [0.15, 0.2) is 29.1 Å². The van der Waals surface area contributed by atoms with E-state index in [0.29, 0.717) is 5.82 Å². The first-order valence-electron chi connectivity index (χ1n) is 6.56. The number of hydrogen-bond acceptors (Lipinski definition) is 3. The first-order chi connectivity index (χ1) is 9.60. The lowest BCUT2D eigenvalue weighted by Crippen LogP contribution is -1.96. The van der Waals surface area contributed by atoms with Crippen molar-refractivity contribution in [2.24, 2.45) is 0 Å². The molecule has 0 aliphatic heterocycles. The normalized spacial score (nSPS) is 11.3. The van der Waals surface area contributed by atoms with Gasteiger partial charge in [0.1, 0.15) is 17.2 Å². The lowest BCUT2D eigenvalue weighted by atomic mass is 10.2. The maximum atomic E-state index is 6.23. The molecule has 20 heavy (non-hydrogen) atoms. The van der Waals surface area contributed by atoms with E-state index in [4.69, 9.17) is 5.73 Å². The molecule has 0 aliphatic rings. The summed E-state index contributed by atoms with van der Waals surface area (Å²) in [6.45, 7) is 5.05. The number of halogens is 1. The van der Waals surface area contributed by atoms with Crippen molar-refractivity contribution in [2.75, 3.05) is 5.73 Å². The number of aryl methyl sites for hydroxylation is 2. The van der Waals surface area contributed by atoms with Crippen LogP contribution >= 0.6 is 15.9 Å². The van der Waals surface area contributed by atoms with E-state index in [1.165, 1.54) is 0 Å². The van der Waals surface area contributed by atoms with Gasteiger partial charge in [-0.15, -0.1) is 0 Å². The number of fused-ring (bicyclic) bond motifs is 1. The fourth-order valence-electron chi connectivity index (χ4n) is 2.34. The van der Waals surface area contributed by atoms with Crippen molar-refractivity contribution in [3.05, 3.63) is 34.7 Å². The molecule has 6 heteroatoms. The number of aromatic nitrogens is 4. The van der Waals surface area contributed by atoms with Crippen molar-refractivity contribution >= 4 is 27.4 Å². The number of hydrogen-bond donors (Lipinski definition) is 1. The molecule has 0 saturated heterocycles. The number of rotatable bonds is 3. The van der Waals surface area contributed by atoms with Crippen LogP contribution in [0.2, 0.25) is 0 Å². The van der Waals surface area contributed by atoms with Crippen LogP contribution in [0.3, 0.4) is 0 Å². The summed E-state index contributed by atoms with van der Waals surface area (Å²) in [4.78, 5) is 4.66. The van der Waals surface area contributed by atoms with Crippen LogP contribution in [-0.2, 0) is 6.54 Å². The van der Waals surface area contributed by atoms with E-state index in [0.717, 1.165) is 39.9 Å². The zero-order chi connectivity index (χ0) is 14.3. The molecular formula is C14H16BrN5. The number of nitrogens with two attached hydrogens (primary N) is 1. The molecule has 3 aromatic rings. The summed E-state index contributed by atoms with van der Waals surface area (Å²) in [5, 5.41) is 4.34. The second-order valence-corrected chi connectivity index (χ2v) is 5.79. The fourth-order valence-corrected chi connectivity index (χ4v) is 2.88. The van der Waals surface area contributed by atoms with Gasteiger partial charge in [0.15, 0.2) is 0 Å². The van der Waals surface area contributed by atoms with E-state index in [-0.39, 0.29) is 0 Å². The summed E-state index contributed by atoms with van der Waals surface area (Å²) in [5.74, 6) is 0.639. The van der Waals surface area contributed by atoms with Gasteiger partial charge in [-0.25, -0.2) is 4.98 Å². The zero-order valence-corrected chi connectivity index (χ0v) is 13.1. The number of imidazole rings is 1. The summed E-state index contributed by atoms with van der Waals surface area (Å²) in [7, 11) is 0. The average molecular weight is 334 g/mol. The smallest absolute Gasteiger partial charge is 0.142 e. The molecule has 5 nitrogen and oxygen atoms in total. The van der Waals surface area contributed by atoms with Crippen LogP contribution in [0.4, 0.5) is 5.82 Å². The maximum Gasteiger partial charge on any atom is 0.142 e. The zero-order valence-electron chi connectivity index (χ0n) is 11.5. The van der Waals surface area contributed by atoms with Crippen molar-refractivity contribution in [1.29, 1.82) is 0 Å². The van der Waals surface area contributed by atoms with Gasteiger partial charge in [0.2, 0.25) is 0 Å². The summed E-state index contributed by atoms with van der Waals surface area (Å²) in [6.07, 6.45) is 6.79. The second-order valence-electron chi connectivity index (χ2n) is 4.87. The minimum absolute atomic E-state index is 0.639. The van der Waals surface area contributed by atoms with E-state index < -0.39 is 0 Å². The topological polar surface area (TPSA) is 61.1 Å². The Morgan fingerprint density at radius 1 is 1.35 bits per heavy atom. The summed E-state index contributed by atoms with van der Waals surface area (Å²) >= 11 is 3.49. The van der Waals surface area contributed by atoms with Crippen LogP contribution in [-0.4, -0.2) is 19.2 Å². The number of nitrogens with zero attached hydrogens (tertiary/aromatic N) is 4. The molecular weight excluding hydrogens is 318 g/mol. The van der Waals surface area contributed by atoms with E-state index in [1.807, 2.05) is 40.7 Å². The van der Waals surface area contributed by atoms with Gasteiger partial charge in [-0.05, 0) is 40.9 Å². The summed E-state index contributed by atoms with van der Waals surface area (Å²) in [6, 6.07) is 2.03. The molecule has 0 amide bonds. The third kappa shape index (κ3) is 2.10. The SMILES string of the molecule is CCCn1cc(-c2nc3c(C)cc(Br)cn3c2N)cn1. The van der Waals surface area contributed by atoms with Crippen LogP contribution in [0.1, 0.15) is 18.9 Å². The quantitative estimate of drug-likeness (QED) is 0.800. The fraction of sp³-hybridized carbons (Fsp3) is 0.286. The van der Waals surface area contributed by atoms with Crippen LogP contribution in [0.25, 0.3) is 16.9 Å². The highest BCUT2D eigenvalue weighted by Crippen LogP contribution is 2.28. The van der Waals surface area contributed by atoms with Crippen molar-refractivity contribution in [3.63, 3.8) is 0 Å². The first kappa shape index (κ1) is 13.2. The van der Waals surface area contributed by atoms with Gasteiger partial charge in [0, 0.05) is 29.0 Å². The lowest BCUT2D eigenvalue weighted by Gasteiger charge is -2.00. The molecule has 0 bridgehead atoms. The first-order valence-corrected chi connectivity index (χ1v) is 7.36. The van der Waals surface area contributed by atoms with Crippen molar-refractivity contribution in [1.82, 2.24) is 19.2 Å². The molecule has 0 radical (unpaired) electrons. The standard InChI is InChI=1S/C14H16BrN5/c1-3-4-19-7-10(6-17-19)12-13(16)20-8-11(15)5-9(2)14(20)18-12/h5-8H,3-4,16H2,1-2H3. The molecule has 3 heterocycles. The van der Waals surface area contributed by atoms with E-state index >= 15 is 0 Å². The van der Waals surface area contributed by atoms with Crippen LogP contribution < -0.4 is 5.73 Å². The maximum absolute atomic E-state index is 6.23. The molecule has 0 aliphatic carbocycles. The number of nitrogen functional groups attached to an aromatic ring is 1. The highest BCUT2D eigenvalue weighted by atomic mass is 79.9. The van der Waals surface area contributed by atoms with E-state index in [1.54, 1.807) is 0 Å². The molecule has 0 unspecified atom stereocenters. The monoisotopic (exact) mass is 333 g/mol. The summed E-state index contributed by atoms with van der Waals surface area (Å²) in [5.41, 5.74) is 9.93. The number of pyridine rings is 1. The predicted octanol–water partition coefficient (Wildman–Crippen LogP) is 3.26. The average Bonchev–Trinajstić information content (AvgIpc) is 2.96. The van der Waals surface area contributed by atoms with Crippen molar-refractivity contribution in [2.45, 2.75) is 26.8 Å². The Morgan fingerprint density at radius 2 is 2.15 bits per heavy atom. The molecule has 0 spiro atoms. The van der Waals surface area contributed by atoms with Gasteiger partial charge < -0.3 is 5.73 Å². The van der Waals surface area contributed by atoms with Gasteiger partial charge in [0.05, 0.1) is 6.20 Å². The highest BCUT2D eigenvalue weighted by molar-refractivity contribution is 9.10. The Balaban J connectivity index is 2.16. The Bertz CT molecular complexity index is 771. The molecule has 2 N–H and O–H groups in total. The Labute approximate surface area is 125 Å². The Morgan fingerprint density at radius 3 is 2.90 bits per heavy atom. The van der Waals surface area contributed by atoms with Crippen LogP contribution in [0.5, 0.6) is 0 Å². The number of anilines is 1. The molecule has 3 rings (SSSR count). The van der Waals surface area contributed by atoms with Crippen LogP contribution in [0, 0.1) is 6.92 Å². The molecule has 0 saturated carbocycles. The lowest BCUT2D eigenvalue weighted by molar-refractivity contribution is 0.603.